The van der Waals surface area contributed by atoms with Gasteiger partial charge in [-0.05, 0) is 31.4 Å². The molecule has 152 valence electrons. The van der Waals surface area contributed by atoms with E-state index in [1.807, 2.05) is 6.07 Å². The molecule has 8 nitrogen and oxygen atoms in total. The van der Waals surface area contributed by atoms with E-state index in [1.54, 1.807) is 31.3 Å². The molecule has 1 saturated heterocycles. The Labute approximate surface area is 164 Å². The molecule has 0 radical (unpaired) electrons. The summed E-state index contributed by atoms with van der Waals surface area (Å²) < 4.78 is 0. The van der Waals surface area contributed by atoms with Crippen molar-refractivity contribution in [2.75, 3.05) is 33.2 Å². The molecular formula is C20H27N3O5. The van der Waals surface area contributed by atoms with E-state index in [4.69, 9.17) is 5.11 Å². The summed E-state index contributed by atoms with van der Waals surface area (Å²) in [6, 6.07) is 8.83. The van der Waals surface area contributed by atoms with Crippen LogP contribution in [0.1, 0.15) is 36.0 Å². The molecule has 3 amide bonds. The zero-order valence-electron chi connectivity index (χ0n) is 16.1. The number of likely N-dealkylation sites (N-methyl/N-ethyl adjacent to an activating group) is 1. The quantitative estimate of drug-likeness (QED) is 0.645. The Balaban J connectivity index is 1.68. The Morgan fingerprint density at radius 2 is 1.93 bits per heavy atom. The number of amides is 3. The number of hydrogen-bond acceptors (Lipinski definition) is 4. The average Bonchev–Trinajstić information content (AvgIpc) is 2.71. The summed E-state index contributed by atoms with van der Waals surface area (Å²) in [6.45, 7) is 1.02. The van der Waals surface area contributed by atoms with Crippen LogP contribution in [0, 0.1) is 5.92 Å². The lowest BCUT2D eigenvalue weighted by atomic mass is 9.98. The number of aliphatic carboxylic acids is 1. The van der Waals surface area contributed by atoms with E-state index in [0.717, 1.165) is 0 Å². The molecule has 1 heterocycles. The summed E-state index contributed by atoms with van der Waals surface area (Å²) >= 11 is 0. The number of rotatable bonds is 8. The molecule has 2 rings (SSSR count). The summed E-state index contributed by atoms with van der Waals surface area (Å²) in [6.07, 6.45) is 1.92. The van der Waals surface area contributed by atoms with Gasteiger partial charge in [-0.1, -0.05) is 18.2 Å². The van der Waals surface area contributed by atoms with Crippen LogP contribution in [0.3, 0.4) is 0 Å². The van der Waals surface area contributed by atoms with Crippen molar-refractivity contribution in [3.8, 4) is 0 Å². The van der Waals surface area contributed by atoms with Crippen LogP contribution in [0.4, 0.5) is 0 Å². The summed E-state index contributed by atoms with van der Waals surface area (Å²) in [5.74, 6) is -2.03. The van der Waals surface area contributed by atoms with Crippen LogP contribution in [-0.4, -0.2) is 71.8 Å². The number of piperidine rings is 1. The number of likely N-dealkylation sites (tertiary alicyclic amines) is 1. The molecule has 0 spiro atoms. The SMILES string of the molecule is CN(CC(=O)N1CCCC(C(=O)O)C1)C(=O)CCCNC(=O)c1ccccc1. The molecule has 0 bridgehead atoms. The van der Waals surface area contributed by atoms with Gasteiger partial charge in [0.2, 0.25) is 11.8 Å². The van der Waals surface area contributed by atoms with E-state index < -0.39 is 11.9 Å². The van der Waals surface area contributed by atoms with Gasteiger partial charge in [-0.3, -0.25) is 19.2 Å². The molecule has 1 aliphatic rings. The highest BCUT2D eigenvalue weighted by atomic mass is 16.4. The number of benzene rings is 1. The number of nitrogens with zero attached hydrogens (tertiary/aromatic N) is 2. The first-order valence-electron chi connectivity index (χ1n) is 9.46. The minimum Gasteiger partial charge on any atom is -0.481 e. The molecule has 2 N–H and O–H groups in total. The smallest absolute Gasteiger partial charge is 0.308 e. The number of carboxylic acid groups (broad SMARTS) is 1. The third-order valence-electron chi connectivity index (χ3n) is 4.81. The Hall–Kier alpha value is -2.90. The maximum absolute atomic E-state index is 12.3. The zero-order chi connectivity index (χ0) is 20.5. The van der Waals surface area contributed by atoms with Gasteiger partial charge in [0, 0.05) is 38.7 Å². The van der Waals surface area contributed by atoms with Gasteiger partial charge in [-0.15, -0.1) is 0 Å². The fourth-order valence-corrected chi connectivity index (χ4v) is 3.12. The number of carboxylic acids is 1. The van der Waals surface area contributed by atoms with Crippen molar-refractivity contribution >= 4 is 23.7 Å². The van der Waals surface area contributed by atoms with E-state index in [2.05, 4.69) is 5.32 Å². The van der Waals surface area contributed by atoms with Crippen molar-refractivity contribution in [3.05, 3.63) is 35.9 Å². The molecule has 0 saturated carbocycles. The number of nitrogens with one attached hydrogen (secondary N) is 1. The van der Waals surface area contributed by atoms with Crippen LogP contribution in [0.2, 0.25) is 0 Å². The lowest BCUT2D eigenvalue weighted by Crippen LogP contribution is -2.46. The zero-order valence-corrected chi connectivity index (χ0v) is 16.1. The van der Waals surface area contributed by atoms with Crippen LogP contribution in [0.25, 0.3) is 0 Å². The lowest BCUT2D eigenvalue weighted by molar-refractivity contribution is -0.147. The van der Waals surface area contributed by atoms with Crippen LogP contribution in [0.15, 0.2) is 30.3 Å². The van der Waals surface area contributed by atoms with Gasteiger partial charge >= 0.3 is 5.97 Å². The largest absolute Gasteiger partial charge is 0.481 e. The maximum Gasteiger partial charge on any atom is 0.308 e. The van der Waals surface area contributed by atoms with Crippen molar-refractivity contribution in [2.24, 2.45) is 5.92 Å². The van der Waals surface area contributed by atoms with Gasteiger partial charge in [0.05, 0.1) is 12.5 Å². The minimum atomic E-state index is -0.889. The lowest BCUT2D eigenvalue weighted by Gasteiger charge is -2.32. The van der Waals surface area contributed by atoms with Gasteiger partial charge in [0.15, 0.2) is 0 Å². The van der Waals surface area contributed by atoms with Crippen molar-refractivity contribution in [2.45, 2.75) is 25.7 Å². The van der Waals surface area contributed by atoms with Crippen molar-refractivity contribution in [1.29, 1.82) is 0 Å². The predicted octanol–water partition coefficient (Wildman–Crippen LogP) is 0.978. The van der Waals surface area contributed by atoms with Crippen molar-refractivity contribution in [1.82, 2.24) is 15.1 Å². The summed E-state index contributed by atoms with van der Waals surface area (Å²) in [5.41, 5.74) is 0.567. The molecule has 8 heteroatoms. The molecule has 0 aromatic heterocycles. The second-order valence-electron chi connectivity index (χ2n) is 6.99. The van der Waals surface area contributed by atoms with E-state index in [9.17, 15) is 19.2 Å². The fraction of sp³-hybridized carbons (Fsp3) is 0.500. The molecule has 28 heavy (non-hydrogen) atoms. The highest BCUT2D eigenvalue weighted by Crippen LogP contribution is 2.16. The Morgan fingerprint density at radius 3 is 2.61 bits per heavy atom. The highest BCUT2D eigenvalue weighted by molar-refractivity contribution is 5.94. The van der Waals surface area contributed by atoms with Gasteiger partial charge in [-0.2, -0.15) is 0 Å². The predicted molar refractivity (Wildman–Crippen MR) is 103 cm³/mol. The average molecular weight is 389 g/mol. The third kappa shape index (κ3) is 6.37. The summed E-state index contributed by atoms with van der Waals surface area (Å²) in [7, 11) is 1.56. The van der Waals surface area contributed by atoms with Gasteiger partial charge in [0.25, 0.3) is 5.91 Å². The van der Waals surface area contributed by atoms with E-state index >= 15 is 0 Å². The minimum absolute atomic E-state index is 0.0679. The molecule has 1 fully saturated rings. The number of hydrogen-bond donors (Lipinski definition) is 2. The van der Waals surface area contributed by atoms with Crippen LogP contribution in [0.5, 0.6) is 0 Å². The van der Waals surface area contributed by atoms with E-state index in [0.29, 0.717) is 37.9 Å². The second kappa shape index (κ2) is 10.4. The second-order valence-corrected chi connectivity index (χ2v) is 6.99. The number of carbonyl (C=O) groups excluding carboxylic acids is 3. The summed E-state index contributed by atoms with van der Waals surface area (Å²) in [4.78, 5) is 50.4. The first-order chi connectivity index (χ1) is 13.4. The van der Waals surface area contributed by atoms with Gasteiger partial charge < -0.3 is 20.2 Å². The molecular weight excluding hydrogens is 362 g/mol. The Morgan fingerprint density at radius 1 is 1.21 bits per heavy atom. The van der Waals surface area contributed by atoms with Crippen molar-refractivity contribution < 1.29 is 24.3 Å². The van der Waals surface area contributed by atoms with Crippen LogP contribution < -0.4 is 5.32 Å². The molecule has 1 aromatic rings. The normalized spacial score (nSPS) is 16.3. The van der Waals surface area contributed by atoms with Crippen LogP contribution >= 0.6 is 0 Å². The van der Waals surface area contributed by atoms with E-state index in [1.165, 1.54) is 9.80 Å². The molecule has 0 aliphatic carbocycles. The Kier molecular flexibility index (Phi) is 7.98. The molecule has 1 aromatic carbocycles. The van der Waals surface area contributed by atoms with Gasteiger partial charge in [-0.25, -0.2) is 0 Å². The molecule has 1 atom stereocenters. The standard InChI is InChI=1S/C20H27N3O5/c1-22(14-18(25)23-12-6-9-16(13-23)20(27)28)17(24)10-5-11-21-19(26)15-7-3-2-4-8-15/h2-4,7-8,16H,5-6,9-14H2,1H3,(H,21,26)(H,27,28). The maximum atomic E-state index is 12.3. The van der Waals surface area contributed by atoms with Gasteiger partial charge in [0.1, 0.15) is 0 Å². The molecule has 1 unspecified atom stereocenters. The third-order valence-corrected chi connectivity index (χ3v) is 4.81. The topological polar surface area (TPSA) is 107 Å². The summed E-state index contributed by atoms with van der Waals surface area (Å²) in [5, 5.41) is 11.9. The first-order valence-corrected chi connectivity index (χ1v) is 9.46. The van der Waals surface area contributed by atoms with Crippen LogP contribution in [-0.2, 0) is 14.4 Å². The highest BCUT2D eigenvalue weighted by Gasteiger charge is 2.28. The Bertz CT molecular complexity index is 707. The number of carbonyl (C=O) groups is 4. The first kappa shape index (κ1) is 21.4. The fourth-order valence-electron chi connectivity index (χ4n) is 3.12. The van der Waals surface area contributed by atoms with E-state index in [-0.39, 0.29) is 37.2 Å². The monoisotopic (exact) mass is 389 g/mol. The van der Waals surface area contributed by atoms with Crippen molar-refractivity contribution in [3.63, 3.8) is 0 Å². The molecule has 1 aliphatic heterocycles.